The van der Waals surface area contributed by atoms with Gasteiger partial charge in [0.25, 0.3) is 0 Å². The van der Waals surface area contributed by atoms with E-state index in [4.69, 9.17) is 0 Å². The number of aliphatic imine (C=N–C) groups is 1. The summed E-state index contributed by atoms with van der Waals surface area (Å²) >= 11 is 3.50. The van der Waals surface area contributed by atoms with Crippen LogP contribution in [0.15, 0.2) is 11.1 Å². The minimum Gasteiger partial charge on any atom is -0.343 e. The molecule has 82 valence electrons. The molecule has 1 aromatic rings. The van der Waals surface area contributed by atoms with Crippen LogP contribution in [0.1, 0.15) is 43.9 Å². The maximum Gasteiger partial charge on any atom is 0.131 e. The van der Waals surface area contributed by atoms with E-state index in [0.717, 1.165) is 23.3 Å². The van der Waals surface area contributed by atoms with Crippen molar-refractivity contribution >= 4 is 26.4 Å². The predicted octanol–water partition coefficient (Wildman–Crippen LogP) is 4.12. The summed E-state index contributed by atoms with van der Waals surface area (Å²) in [6, 6.07) is 2.20. The summed E-state index contributed by atoms with van der Waals surface area (Å²) < 4.78 is 1.04. The standard InChI is InChI=1S/C12H17BrN2/c1-2-5-11(13)15-12-8-9-6-3-4-7-10(9)14-12/h8,14H,2-7H2,1H3. The van der Waals surface area contributed by atoms with Gasteiger partial charge in [0.2, 0.25) is 0 Å². The largest absolute Gasteiger partial charge is 0.343 e. The van der Waals surface area contributed by atoms with E-state index < -0.39 is 0 Å². The Morgan fingerprint density at radius 3 is 3.00 bits per heavy atom. The summed E-state index contributed by atoms with van der Waals surface area (Å²) in [5.41, 5.74) is 2.87. The van der Waals surface area contributed by atoms with Gasteiger partial charge in [0.15, 0.2) is 0 Å². The summed E-state index contributed by atoms with van der Waals surface area (Å²) in [4.78, 5) is 7.94. The molecule has 1 aliphatic rings. The van der Waals surface area contributed by atoms with Gasteiger partial charge in [-0.05, 0) is 59.7 Å². The fraction of sp³-hybridized carbons (Fsp3) is 0.583. The van der Waals surface area contributed by atoms with Gasteiger partial charge in [0.1, 0.15) is 5.82 Å². The molecule has 1 aromatic heterocycles. The second kappa shape index (κ2) is 4.97. The SMILES string of the molecule is CCCC(Br)=Nc1cc2c([nH]1)CCCC2. The minimum absolute atomic E-state index is 1.02. The molecule has 0 aliphatic heterocycles. The van der Waals surface area contributed by atoms with E-state index in [1.807, 2.05) is 0 Å². The molecule has 0 spiro atoms. The lowest BCUT2D eigenvalue weighted by Gasteiger charge is -2.08. The molecular formula is C12H17BrN2. The lowest BCUT2D eigenvalue weighted by Crippen LogP contribution is -1.99. The zero-order valence-corrected chi connectivity index (χ0v) is 10.7. The number of aromatic nitrogens is 1. The first-order valence-electron chi connectivity index (χ1n) is 5.73. The van der Waals surface area contributed by atoms with Crippen LogP contribution in [0.2, 0.25) is 0 Å². The molecule has 1 aliphatic carbocycles. The molecule has 0 saturated carbocycles. The Labute approximate surface area is 99.3 Å². The molecule has 1 heterocycles. The highest BCUT2D eigenvalue weighted by Gasteiger charge is 2.12. The third-order valence-corrected chi connectivity index (χ3v) is 3.37. The number of aryl methyl sites for hydroxylation is 2. The Morgan fingerprint density at radius 1 is 1.47 bits per heavy atom. The highest BCUT2D eigenvalue weighted by atomic mass is 79.9. The molecule has 0 radical (unpaired) electrons. The van der Waals surface area contributed by atoms with E-state index in [9.17, 15) is 0 Å². The van der Waals surface area contributed by atoms with Gasteiger partial charge in [-0.2, -0.15) is 0 Å². The lowest BCUT2D eigenvalue weighted by atomic mass is 9.98. The first kappa shape index (κ1) is 10.9. The van der Waals surface area contributed by atoms with Crippen LogP contribution in [0, 0.1) is 0 Å². The smallest absolute Gasteiger partial charge is 0.131 e. The molecule has 0 atom stereocenters. The van der Waals surface area contributed by atoms with Crippen LogP contribution in [0.4, 0.5) is 5.82 Å². The van der Waals surface area contributed by atoms with Crippen LogP contribution in [0.5, 0.6) is 0 Å². The first-order valence-corrected chi connectivity index (χ1v) is 6.52. The van der Waals surface area contributed by atoms with Crippen LogP contribution in [-0.4, -0.2) is 9.60 Å². The minimum atomic E-state index is 1.02. The van der Waals surface area contributed by atoms with E-state index in [-0.39, 0.29) is 0 Å². The van der Waals surface area contributed by atoms with Gasteiger partial charge in [-0.1, -0.05) is 13.3 Å². The quantitative estimate of drug-likeness (QED) is 0.799. The number of nitrogens with zero attached hydrogens (tertiary/aromatic N) is 1. The Balaban J connectivity index is 2.15. The van der Waals surface area contributed by atoms with Crippen LogP contribution in [0.25, 0.3) is 0 Å². The number of hydrogen-bond donors (Lipinski definition) is 1. The topological polar surface area (TPSA) is 28.1 Å². The van der Waals surface area contributed by atoms with Crippen molar-refractivity contribution in [1.29, 1.82) is 0 Å². The van der Waals surface area contributed by atoms with Gasteiger partial charge >= 0.3 is 0 Å². The van der Waals surface area contributed by atoms with Crippen molar-refractivity contribution < 1.29 is 0 Å². The maximum atomic E-state index is 4.53. The molecule has 0 fully saturated rings. The number of fused-ring (bicyclic) bond motifs is 1. The fourth-order valence-electron chi connectivity index (χ4n) is 2.04. The van der Waals surface area contributed by atoms with Crippen molar-refractivity contribution in [2.75, 3.05) is 0 Å². The van der Waals surface area contributed by atoms with Crippen molar-refractivity contribution in [3.63, 3.8) is 0 Å². The van der Waals surface area contributed by atoms with Crippen molar-refractivity contribution in [2.45, 2.75) is 45.4 Å². The summed E-state index contributed by atoms with van der Waals surface area (Å²) in [6.07, 6.45) is 7.19. The number of hydrogen-bond acceptors (Lipinski definition) is 1. The maximum absolute atomic E-state index is 4.53. The summed E-state index contributed by atoms with van der Waals surface area (Å²) in [5, 5.41) is 0. The van der Waals surface area contributed by atoms with Gasteiger partial charge in [0.05, 0.1) is 4.62 Å². The van der Waals surface area contributed by atoms with E-state index in [2.05, 4.69) is 38.9 Å². The van der Waals surface area contributed by atoms with Crippen molar-refractivity contribution in [1.82, 2.24) is 4.98 Å². The van der Waals surface area contributed by atoms with Crippen LogP contribution in [-0.2, 0) is 12.8 Å². The predicted molar refractivity (Wildman–Crippen MR) is 68.4 cm³/mol. The molecule has 1 N–H and O–H groups in total. The average Bonchev–Trinajstić information content (AvgIpc) is 2.59. The molecule has 0 bridgehead atoms. The fourth-order valence-corrected chi connectivity index (χ4v) is 2.63. The van der Waals surface area contributed by atoms with Gasteiger partial charge in [-0.3, -0.25) is 0 Å². The zero-order valence-electron chi connectivity index (χ0n) is 9.15. The summed E-state index contributed by atoms with van der Waals surface area (Å²) in [7, 11) is 0. The third-order valence-electron chi connectivity index (χ3n) is 2.80. The van der Waals surface area contributed by atoms with Crippen molar-refractivity contribution in [2.24, 2.45) is 4.99 Å². The van der Waals surface area contributed by atoms with E-state index >= 15 is 0 Å². The van der Waals surface area contributed by atoms with Gasteiger partial charge in [0, 0.05) is 5.69 Å². The van der Waals surface area contributed by atoms with Crippen molar-refractivity contribution in [3.05, 3.63) is 17.3 Å². The average molecular weight is 269 g/mol. The van der Waals surface area contributed by atoms with E-state index in [1.165, 1.54) is 36.9 Å². The highest BCUT2D eigenvalue weighted by molar-refractivity contribution is 9.18. The molecule has 0 unspecified atom stereocenters. The van der Waals surface area contributed by atoms with E-state index in [1.54, 1.807) is 0 Å². The monoisotopic (exact) mass is 268 g/mol. The molecule has 0 aromatic carbocycles. The Hall–Kier alpha value is -0.570. The molecular weight excluding hydrogens is 252 g/mol. The van der Waals surface area contributed by atoms with Gasteiger partial charge in [-0.25, -0.2) is 4.99 Å². The normalized spacial score (nSPS) is 16.5. The highest BCUT2D eigenvalue weighted by Crippen LogP contribution is 2.26. The van der Waals surface area contributed by atoms with Crippen LogP contribution < -0.4 is 0 Å². The first-order chi connectivity index (χ1) is 7.29. The Morgan fingerprint density at radius 2 is 2.27 bits per heavy atom. The number of nitrogens with one attached hydrogen (secondary N) is 1. The number of aromatic amines is 1. The number of rotatable bonds is 3. The number of halogens is 1. The molecule has 0 amide bonds. The second-order valence-corrected chi connectivity index (χ2v) is 5.02. The van der Waals surface area contributed by atoms with Crippen LogP contribution >= 0.6 is 15.9 Å². The van der Waals surface area contributed by atoms with Crippen molar-refractivity contribution in [3.8, 4) is 0 Å². The molecule has 15 heavy (non-hydrogen) atoms. The summed E-state index contributed by atoms with van der Waals surface area (Å²) in [6.45, 7) is 2.16. The molecule has 0 saturated heterocycles. The summed E-state index contributed by atoms with van der Waals surface area (Å²) in [5.74, 6) is 1.02. The third kappa shape index (κ3) is 2.71. The van der Waals surface area contributed by atoms with E-state index in [0.29, 0.717) is 0 Å². The molecule has 3 heteroatoms. The van der Waals surface area contributed by atoms with Gasteiger partial charge < -0.3 is 4.98 Å². The lowest BCUT2D eigenvalue weighted by molar-refractivity contribution is 0.677. The van der Waals surface area contributed by atoms with Gasteiger partial charge in [-0.15, -0.1) is 0 Å². The second-order valence-electron chi connectivity index (χ2n) is 4.10. The molecule has 2 rings (SSSR count). The molecule has 2 nitrogen and oxygen atoms in total. The zero-order chi connectivity index (χ0) is 10.7. The number of H-pyrrole nitrogens is 1. The Kier molecular flexibility index (Phi) is 3.62. The Bertz CT molecular complexity index is 342. The van der Waals surface area contributed by atoms with Crippen LogP contribution in [0.3, 0.4) is 0 Å².